The molecular formula is C25H33N7OS. The molecule has 0 bridgehead atoms. The maximum atomic E-state index is 13.4. The summed E-state index contributed by atoms with van der Waals surface area (Å²) in [5, 5.41) is 5.26. The number of hydrogen-bond donors (Lipinski definition) is 0. The fraction of sp³-hybridized carbons (Fsp3) is 0.520. The smallest absolute Gasteiger partial charge is 0.254 e. The summed E-state index contributed by atoms with van der Waals surface area (Å²) >= 11 is 1.54. The topological polar surface area (TPSA) is 69.9 Å². The van der Waals surface area contributed by atoms with Crippen LogP contribution in [0.25, 0.3) is 5.78 Å². The highest BCUT2D eigenvalue weighted by Crippen LogP contribution is 2.24. The van der Waals surface area contributed by atoms with Gasteiger partial charge in [0.1, 0.15) is 0 Å². The first-order chi connectivity index (χ1) is 16.6. The van der Waals surface area contributed by atoms with Crippen molar-refractivity contribution in [3.8, 4) is 0 Å². The van der Waals surface area contributed by atoms with Crippen molar-refractivity contribution in [1.29, 1.82) is 0 Å². The molecule has 180 valence electrons. The number of aromatic nitrogens is 4. The van der Waals surface area contributed by atoms with Gasteiger partial charge in [0.25, 0.3) is 11.7 Å². The minimum Gasteiger partial charge on any atom is -0.336 e. The van der Waals surface area contributed by atoms with Crippen LogP contribution in [-0.2, 0) is 5.75 Å². The first kappa shape index (κ1) is 23.3. The Bertz CT molecular complexity index is 1150. The summed E-state index contributed by atoms with van der Waals surface area (Å²) in [7, 11) is 0. The SMILES string of the molecule is Cc1cc(C)n2nc(SCc3ccccc3C(=O)N3CCN(CCN4CCCC4)CC3)nc2n1. The Labute approximate surface area is 205 Å². The zero-order valence-corrected chi connectivity index (χ0v) is 20.9. The number of amides is 1. The summed E-state index contributed by atoms with van der Waals surface area (Å²) in [5.74, 6) is 1.39. The summed E-state index contributed by atoms with van der Waals surface area (Å²) < 4.78 is 1.77. The van der Waals surface area contributed by atoms with Crippen molar-refractivity contribution in [2.75, 3.05) is 52.4 Å². The Balaban J connectivity index is 1.19. The van der Waals surface area contributed by atoms with Gasteiger partial charge in [-0.05, 0) is 57.5 Å². The van der Waals surface area contributed by atoms with Crippen LogP contribution in [0.3, 0.4) is 0 Å². The predicted octanol–water partition coefficient (Wildman–Crippen LogP) is 2.89. The van der Waals surface area contributed by atoms with Gasteiger partial charge >= 0.3 is 0 Å². The number of benzene rings is 1. The van der Waals surface area contributed by atoms with Crippen LogP contribution in [0.1, 0.15) is 40.2 Å². The van der Waals surface area contributed by atoms with Crippen LogP contribution >= 0.6 is 11.8 Å². The van der Waals surface area contributed by atoms with Crippen LogP contribution in [0.4, 0.5) is 0 Å². The molecule has 2 aliphatic heterocycles. The lowest BCUT2D eigenvalue weighted by atomic mass is 10.1. The maximum absolute atomic E-state index is 13.4. The van der Waals surface area contributed by atoms with Crippen molar-refractivity contribution >= 4 is 23.4 Å². The number of thioether (sulfide) groups is 1. The van der Waals surface area contributed by atoms with Gasteiger partial charge in [-0.25, -0.2) is 9.50 Å². The maximum Gasteiger partial charge on any atom is 0.254 e. The number of nitrogens with zero attached hydrogens (tertiary/aromatic N) is 7. The van der Waals surface area contributed by atoms with E-state index in [1.165, 1.54) is 25.9 Å². The van der Waals surface area contributed by atoms with Crippen molar-refractivity contribution < 1.29 is 4.79 Å². The zero-order chi connectivity index (χ0) is 23.5. The molecule has 34 heavy (non-hydrogen) atoms. The van der Waals surface area contributed by atoms with Gasteiger partial charge in [0.05, 0.1) is 0 Å². The van der Waals surface area contributed by atoms with Gasteiger partial charge < -0.3 is 9.80 Å². The number of aryl methyl sites for hydroxylation is 2. The van der Waals surface area contributed by atoms with Crippen LogP contribution in [0, 0.1) is 13.8 Å². The lowest BCUT2D eigenvalue weighted by Crippen LogP contribution is -2.50. The summed E-state index contributed by atoms with van der Waals surface area (Å²) in [6.07, 6.45) is 2.67. The molecule has 4 heterocycles. The summed E-state index contributed by atoms with van der Waals surface area (Å²) in [6.45, 7) is 12.2. The number of fused-ring (bicyclic) bond motifs is 1. The molecular weight excluding hydrogens is 446 g/mol. The molecule has 0 N–H and O–H groups in total. The number of carbonyl (C=O) groups is 1. The second-order valence-corrected chi connectivity index (χ2v) is 10.2. The van der Waals surface area contributed by atoms with Gasteiger partial charge in [-0.15, -0.1) is 5.10 Å². The number of hydrogen-bond acceptors (Lipinski definition) is 7. The fourth-order valence-corrected chi connectivity index (χ4v) is 5.66. The van der Waals surface area contributed by atoms with Crippen LogP contribution in [0.15, 0.2) is 35.5 Å². The van der Waals surface area contributed by atoms with Crippen LogP contribution in [-0.4, -0.2) is 92.5 Å². The second kappa shape index (κ2) is 10.4. The molecule has 2 aliphatic rings. The normalized spacial score (nSPS) is 17.6. The first-order valence-corrected chi connectivity index (χ1v) is 13.2. The largest absolute Gasteiger partial charge is 0.336 e. The molecule has 0 aliphatic carbocycles. The third-order valence-electron chi connectivity index (χ3n) is 6.79. The molecule has 8 nitrogen and oxygen atoms in total. The number of piperazine rings is 1. The van der Waals surface area contributed by atoms with E-state index in [4.69, 9.17) is 0 Å². The average molecular weight is 480 g/mol. The lowest BCUT2D eigenvalue weighted by molar-refractivity contribution is 0.0626. The Morgan fingerprint density at radius 3 is 2.41 bits per heavy atom. The van der Waals surface area contributed by atoms with E-state index < -0.39 is 0 Å². The van der Waals surface area contributed by atoms with Gasteiger partial charge in [-0.3, -0.25) is 9.69 Å². The van der Waals surface area contributed by atoms with Crippen molar-refractivity contribution in [1.82, 2.24) is 34.3 Å². The van der Waals surface area contributed by atoms with Gasteiger partial charge in [0, 0.05) is 62.0 Å². The van der Waals surface area contributed by atoms with Crippen LogP contribution in [0.2, 0.25) is 0 Å². The minimum absolute atomic E-state index is 0.131. The Morgan fingerprint density at radius 1 is 0.941 bits per heavy atom. The molecule has 0 unspecified atom stereocenters. The van der Waals surface area contributed by atoms with E-state index in [0.717, 1.165) is 61.8 Å². The molecule has 0 saturated carbocycles. The Kier molecular flexibility index (Phi) is 7.12. The highest BCUT2D eigenvalue weighted by Gasteiger charge is 2.24. The molecule has 2 fully saturated rings. The number of likely N-dealkylation sites (tertiary alicyclic amines) is 1. The number of carbonyl (C=O) groups excluding carboxylic acids is 1. The molecule has 3 aromatic rings. The molecule has 5 rings (SSSR count). The molecule has 0 radical (unpaired) electrons. The monoisotopic (exact) mass is 479 g/mol. The summed E-state index contributed by atoms with van der Waals surface area (Å²) in [4.78, 5) is 29.5. The molecule has 9 heteroatoms. The minimum atomic E-state index is 0.131. The van der Waals surface area contributed by atoms with Crippen LogP contribution < -0.4 is 0 Å². The predicted molar refractivity (Wildman–Crippen MR) is 134 cm³/mol. The molecule has 2 saturated heterocycles. The molecule has 0 atom stereocenters. The molecule has 0 spiro atoms. The molecule has 2 aromatic heterocycles. The van der Waals surface area contributed by atoms with E-state index in [-0.39, 0.29) is 5.91 Å². The molecule has 1 aromatic carbocycles. The standard InChI is InChI=1S/C25H33N7OS/c1-19-17-20(2)32-24(26-19)27-25(28-32)34-18-21-7-3-4-8-22(21)23(33)31-15-13-30(14-16-31)12-11-29-9-5-6-10-29/h3-4,7-8,17H,5-6,9-16,18H2,1-2H3. The van der Waals surface area contributed by atoms with Crippen molar-refractivity contribution in [2.45, 2.75) is 37.6 Å². The van der Waals surface area contributed by atoms with Crippen molar-refractivity contribution in [3.05, 3.63) is 52.8 Å². The quantitative estimate of drug-likeness (QED) is 0.483. The summed E-state index contributed by atoms with van der Waals surface area (Å²) in [5.41, 5.74) is 3.75. The third kappa shape index (κ3) is 5.26. The zero-order valence-electron chi connectivity index (χ0n) is 20.1. The van der Waals surface area contributed by atoms with E-state index >= 15 is 0 Å². The van der Waals surface area contributed by atoms with E-state index in [0.29, 0.717) is 16.7 Å². The van der Waals surface area contributed by atoms with Gasteiger partial charge in [-0.2, -0.15) is 4.98 Å². The summed E-state index contributed by atoms with van der Waals surface area (Å²) in [6, 6.07) is 9.93. The van der Waals surface area contributed by atoms with Gasteiger partial charge in [-0.1, -0.05) is 30.0 Å². The lowest BCUT2D eigenvalue weighted by Gasteiger charge is -2.35. The highest BCUT2D eigenvalue weighted by molar-refractivity contribution is 7.98. The second-order valence-electron chi connectivity index (χ2n) is 9.27. The van der Waals surface area contributed by atoms with Crippen molar-refractivity contribution in [2.24, 2.45) is 0 Å². The number of rotatable bonds is 7. The van der Waals surface area contributed by atoms with Gasteiger partial charge in [0.15, 0.2) is 0 Å². The molecule has 1 amide bonds. The van der Waals surface area contributed by atoms with Crippen LogP contribution in [0.5, 0.6) is 0 Å². The van der Waals surface area contributed by atoms with E-state index in [9.17, 15) is 4.79 Å². The first-order valence-electron chi connectivity index (χ1n) is 12.2. The fourth-order valence-electron chi connectivity index (χ4n) is 4.84. The van der Waals surface area contributed by atoms with Crippen molar-refractivity contribution in [3.63, 3.8) is 0 Å². The van der Waals surface area contributed by atoms with Gasteiger partial charge in [0.2, 0.25) is 5.16 Å². The Morgan fingerprint density at radius 2 is 1.65 bits per heavy atom. The third-order valence-corrected chi connectivity index (χ3v) is 7.68. The Hall–Kier alpha value is -2.49. The van der Waals surface area contributed by atoms with E-state index in [1.807, 2.05) is 49.1 Å². The van der Waals surface area contributed by atoms with E-state index in [1.54, 1.807) is 16.3 Å². The average Bonchev–Trinajstić information content (AvgIpc) is 3.51. The highest BCUT2D eigenvalue weighted by atomic mass is 32.2. The van der Waals surface area contributed by atoms with E-state index in [2.05, 4.69) is 24.9 Å².